The molecule has 0 aliphatic carbocycles. The van der Waals surface area contributed by atoms with Gasteiger partial charge in [-0.2, -0.15) is 0 Å². The van der Waals surface area contributed by atoms with E-state index in [2.05, 4.69) is 5.32 Å². The van der Waals surface area contributed by atoms with Crippen LogP contribution in [0.5, 0.6) is 0 Å². The van der Waals surface area contributed by atoms with Crippen molar-refractivity contribution in [2.45, 2.75) is 52.6 Å². The highest BCUT2D eigenvalue weighted by Crippen LogP contribution is 2.17. The number of allylic oxidation sites excluding steroid dienone is 1. The fourth-order valence-electron chi connectivity index (χ4n) is 2.18. The predicted molar refractivity (Wildman–Crippen MR) is 72.0 cm³/mol. The lowest BCUT2D eigenvalue weighted by molar-refractivity contribution is -0.135. The average molecular weight is 252 g/mol. The lowest BCUT2D eigenvalue weighted by Gasteiger charge is -2.29. The Morgan fingerprint density at radius 3 is 2.72 bits per heavy atom. The van der Waals surface area contributed by atoms with Crippen molar-refractivity contribution in [1.82, 2.24) is 10.2 Å². The summed E-state index contributed by atoms with van der Waals surface area (Å²) < 4.78 is 0. The second-order valence-electron chi connectivity index (χ2n) is 5.04. The molecule has 2 amide bonds. The van der Waals surface area contributed by atoms with Crippen molar-refractivity contribution in [2.24, 2.45) is 5.92 Å². The Bertz CT molecular complexity index is 339. The number of nitrogens with zero attached hydrogens (tertiary/aromatic N) is 1. The summed E-state index contributed by atoms with van der Waals surface area (Å²) in [4.78, 5) is 26.1. The van der Waals surface area contributed by atoms with Crippen molar-refractivity contribution < 1.29 is 9.59 Å². The summed E-state index contributed by atoms with van der Waals surface area (Å²) in [6.07, 6.45) is 5.15. The number of rotatable bonds is 4. The molecule has 0 aromatic rings. The van der Waals surface area contributed by atoms with Crippen molar-refractivity contribution in [3.63, 3.8) is 0 Å². The zero-order valence-corrected chi connectivity index (χ0v) is 11.8. The van der Waals surface area contributed by atoms with Crippen LogP contribution in [0, 0.1) is 5.92 Å². The van der Waals surface area contributed by atoms with Gasteiger partial charge in [-0.1, -0.05) is 32.4 Å². The molecule has 18 heavy (non-hydrogen) atoms. The van der Waals surface area contributed by atoms with Gasteiger partial charge in [-0.15, -0.1) is 0 Å². The van der Waals surface area contributed by atoms with E-state index in [-0.39, 0.29) is 29.8 Å². The van der Waals surface area contributed by atoms with E-state index in [9.17, 15) is 9.59 Å². The Morgan fingerprint density at radius 1 is 1.50 bits per heavy atom. The van der Waals surface area contributed by atoms with Crippen molar-refractivity contribution in [1.29, 1.82) is 0 Å². The zero-order chi connectivity index (χ0) is 13.7. The standard InChI is InChI=1S/C14H24N2O2/c1-5-7-8-16-11(4)9-12(17)15-13(14(16)18)10(3)6-2/h5,7,10-11,13H,6,8-9H2,1-4H3,(H,15,17)/b7-5+. The topological polar surface area (TPSA) is 49.4 Å². The first-order chi connectivity index (χ1) is 8.51. The summed E-state index contributed by atoms with van der Waals surface area (Å²) in [5, 5.41) is 2.86. The molecule has 1 aliphatic rings. The normalized spacial score (nSPS) is 27.2. The maximum absolute atomic E-state index is 12.5. The first-order valence-corrected chi connectivity index (χ1v) is 6.72. The highest BCUT2D eigenvalue weighted by atomic mass is 16.2. The molecule has 102 valence electrons. The first kappa shape index (κ1) is 14.7. The number of carbonyl (C=O) groups excluding carboxylic acids is 2. The Hall–Kier alpha value is -1.32. The number of amides is 2. The van der Waals surface area contributed by atoms with Crippen LogP contribution in [0.1, 0.15) is 40.5 Å². The van der Waals surface area contributed by atoms with Gasteiger partial charge in [0, 0.05) is 19.0 Å². The van der Waals surface area contributed by atoms with Gasteiger partial charge in [-0.3, -0.25) is 9.59 Å². The average Bonchev–Trinajstić information content (AvgIpc) is 2.44. The summed E-state index contributed by atoms with van der Waals surface area (Å²) >= 11 is 0. The smallest absolute Gasteiger partial charge is 0.245 e. The molecule has 3 unspecified atom stereocenters. The molecule has 0 aromatic carbocycles. The molecule has 4 heteroatoms. The number of hydrogen-bond acceptors (Lipinski definition) is 2. The summed E-state index contributed by atoms with van der Waals surface area (Å²) in [7, 11) is 0. The minimum atomic E-state index is -0.377. The second kappa shape index (κ2) is 6.57. The molecule has 0 saturated carbocycles. The monoisotopic (exact) mass is 252 g/mol. The molecule has 0 bridgehead atoms. The van der Waals surface area contributed by atoms with E-state index in [0.29, 0.717) is 13.0 Å². The van der Waals surface area contributed by atoms with E-state index >= 15 is 0 Å². The first-order valence-electron chi connectivity index (χ1n) is 6.72. The van der Waals surface area contributed by atoms with Gasteiger partial charge in [0.05, 0.1) is 0 Å². The molecule has 3 atom stereocenters. The van der Waals surface area contributed by atoms with Crippen LogP contribution in [-0.4, -0.2) is 35.3 Å². The van der Waals surface area contributed by atoms with Gasteiger partial charge in [0.2, 0.25) is 11.8 Å². The van der Waals surface area contributed by atoms with E-state index in [1.54, 1.807) is 4.90 Å². The van der Waals surface area contributed by atoms with Gasteiger partial charge >= 0.3 is 0 Å². The fourth-order valence-corrected chi connectivity index (χ4v) is 2.18. The van der Waals surface area contributed by atoms with Gasteiger partial charge in [0.1, 0.15) is 6.04 Å². The summed E-state index contributed by atoms with van der Waals surface area (Å²) in [6.45, 7) is 8.49. The van der Waals surface area contributed by atoms with Crippen LogP contribution in [0.3, 0.4) is 0 Å². The van der Waals surface area contributed by atoms with Crippen molar-refractivity contribution in [3.05, 3.63) is 12.2 Å². The van der Waals surface area contributed by atoms with Crippen LogP contribution < -0.4 is 5.32 Å². The quantitative estimate of drug-likeness (QED) is 0.774. The van der Waals surface area contributed by atoms with Crippen LogP contribution in [0.15, 0.2) is 12.2 Å². The van der Waals surface area contributed by atoms with Crippen LogP contribution >= 0.6 is 0 Å². The Morgan fingerprint density at radius 2 is 2.17 bits per heavy atom. The summed E-state index contributed by atoms with van der Waals surface area (Å²) in [5.74, 6) is 0.185. The van der Waals surface area contributed by atoms with Crippen LogP contribution in [0.2, 0.25) is 0 Å². The van der Waals surface area contributed by atoms with Crippen LogP contribution in [0.25, 0.3) is 0 Å². The largest absolute Gasteiger partial charge is 0.344 e. The van der Waals surface area contributed by atoms with E-state index in [1.165, 1.54) is 0 Å². The molecular weight excluding hydrogens is 228 g/mol. The second-order valence-corrected chi connectivity index (χ2v) is 5.04. The molecule has 0 aromatic heterocycles. The van der Waals surface area contributed by atoms with E-state index in [0.717, 1.165) is 6.42 Å². The molecule has 4 nitrogen and oxygen atoms in total. The molecular formula is C14H24N2O2. The van der Waals surface area contributed by atoms with E-state index in [4.69, 9.17) is 0 Å². The molecule has 1 aliphatic heterocycles. The van der Waals surface area contributed by atoms with Crippen molar-refractivity contribution >= 4 is 11.8 Å². The summed E-state index contributed by atoms with van der Waals surface area (Å²) in [5.41, 5.74) is 0. The lowest BCUT2D eigenvalue weighted by Crippen LogP contribution is -2.49. The van der Waals surface area contributed by atoms with Crippen molar-refractivity contribution in [2.75, 3.05) is 6.54 Å². The molecule has 1 rings (SSSR count). The van der Waals surface area contributed by atoms with Gasteiger partial charge in [0.15, 0.2) is 0 Å². The minimum Gasteiger partial charge on any atom is -0.344 e. The SMILES string of the molecule is C/C=C/CN1C(=O)C(C(C)CC)NC(=O)CC1C. The van der Waals surface area contributed by atoms with Crippen LogP contribution in [0.4, 0.5) is 0 Å². The predicted octanol–water partition coefficient (Wildman–Crippen LogP) is 1.71. The van der Waals surface area contributed by atoms with Crippen molar-refractivity contribution in [3.8, 4) is 0 Å². The van der Waals surface area contributed by atoms with E-state index < -0.39 is 0 Å². The third kappa shape index (κ3) is 3.34. The molecule has 1 saturated heterocycles. The minimum absolute atomic E-state index is 0.0240. The highest BCUT2D eigenvalue weighted by Gasteiger charge is 2.35. The summed E-state index contributed by atoms with van der Waals surface area (Å²) in [6, 6.07) is -0.416. The van der Waals surface area contributed by atoms with E-state index in [1.807, 2.05) is 39.8 Å². The maximum Gasteiger partial charge on any atom is 0.245 e. The number of nitrogens with one attached hydrogen (secondary N) is 1. The third-order valence-electron chi connectivity index (χ3n) is 3.63. The van der Waals surface area contributed by atoms with Gasteiger partial charge in [-0.05, 0) is 19.8 Å². The third-order valence-corrected chi connectivity index (χ3v) is 3.63. The van der Waals surface area contributed by atoms with Gasteiger partial charge in [0.25, 0.3) is 0 Å². The van der Waals surface area contributed by atoms with Gasteiger partial charge in [-0.25, -0.2) is 0 Å². The molecule has 0 radical (unpaired) electrons. The number of carbonyl (C=O) groups is 2. The molecule has 1 fully saturated rings. The fraction of sp³-hybridized carbons (Fsp3) is 0.714. The lowest BCUT2D eigenvalue weighted by atomic mass is 9.98. The van der Waals surface area contributed by atoms with Gasteiger partial charge < -0.3 is 10.2 Å². The molecule has 0 spiro atoms. The Kier molecular flexibility index (Phi) is 5.38. The van der Waals surface area contributed by atoms with Crippen LogP contribution in [-0.2, 0) is 9.59 Å². The maximum atomic E-state index is 12.5. The molecule has 1 heterocycles. The Balaban J connectivity index is 2.93. The molecule has 1 N–H and O–H groups in total. The Labute approximate surface area is 109 Å². The number of hydrogen-bond donors (Lipinski definition) is 1. The zero-order valence-electron chi connectivity index (χ0n) is 11.8. The highest BCUT2D eigenvalue weighted by molar-refractivity contribution is 5.90.